The molecule has 2 fully saturated rings. The largest absolute Gasteiger partial charge is 0.494 e. The highest BCUT2D eigenvalue weighted by molar-refractivity contribution is 7.89. The molecular formula is C25H28N2O4S. The molecule has 0 amide bonds. The molecule has 2 aromatic carbocycles. The van der Waals surface area contributed by atoms with Crippen molar-refractivity contribution in [1.29, 1.82) is 0 Å². The summed E-state index contributed by atoms with van der Waals surface area (Å²) in [7, 11) is -3.76. The van der Waals surface area contributed by atoms with Gasteiger partial charge in [-0.2, -0.15) is 0 Å². The van der Waals surface area contributed by atoms with Crippen LogP contribution >= 0.6 is 0 Å². The Kier molecular flexibility index (Phi) is 3.96. The molecule has 1 aromatic heterocycles. The molecule has 4 aliphatic rings. The van der Waals surface area contributed by atoms with Crippen LogP contribution in [0.1, 0.15) is 63.0 Å². The summed E-state index contributed by atoms with van der Waals surface area (Å²) in [6.07, 6.45) is 3.32. The van der Waals surface area contributed by atoms with Gasteiger partial charge in [-0.1, -0.05) is 24.3 Å². The molecule has 0 aliphatic heterocycles. The summed E-state index contributed by atoms with van der Waals surface area (Å²) in [4.78, 5) is 0.184. The Morgan fingerprint density at radius 2 is 1.47 bits per heavy atom. The number of aromatic nitrogens is 1. The molecular weight excluding hydrogens is 424 g/mol. The first-order chi connectivity index (χ1) is 15.1. The predicted molar refractivity (Wildman–Crippen MR) is 123 cm³/mol. The van der Waals surface area contributed by atoms with Gasteiger partial charge < -0.3 is 10.2 Å². The number of hydrogen-bond donors (Lipinski definition) is 3. The minimum absolute atomic E-state index is 0.103. The summed E-state index contributed by atoms with van der Waals surface area (Å²) in [6.45, 7) is 5.42. The Morgan fingerprint density at radius 3 is 2.06 bits per heavy atom. The molecule has 2 saturated carbocycles. The molecule has 32 heavy (non-hydrogen) atoms. The summed E-state index contributed by atoms with van der Waals surface area (Å²) in [6, 6.07) is 10.5. The fraction of sp³-hybridized carbons (Fsp3) is 0.440. The predicted octanol–water partition coefficient (Wildman–Crippen LogP) is 4.73. The van der Waals surface area contributed by atoms with Crippen LogP contribution in [0.15, 0.2) is 41.3 Å². The van der Waals surface area contributed by atoms with Gasteiger partial charge in [0.05, 0.1) is 10.6 Å². The van der Waals surface area contributed by atoms with Crippen LogP contribution < -0.4 is 4.72 Å². The van der Waals surface area contributed by atoms with Crippen molar-refractivity contribution in [1.82, 2.24) is 9.29 Å². The number of hydrogen-bond acceptors (Lipinski definition) is 4. The SMILES string of the molecule is CC(C)(C)NS(=O)(=O)c1cccc2c(-n3c(O)c4c(c3O)[C@@H]3CC[C@H]4[C@H]4C[C@H]43)cccc12. The van der Waals surface area contributed by atoms with Crippen LogP contribution in [0, 0.1) is 11.8 Å². The summed E-state index contributed by atoms with van der Waals surface area (Å²) in [5.74, 6) is 2.10. The second-order valence-electron chi connectivity index (χ2n) is 10.6. The number of benzene rings is 2. The first-order valence-corrected chi connectivity index (χ1v) is 12.8. The molecule has 7 rings (SSSR count). The maximum atomic E-state index is 13.1. The van der Waals surface area contributed by atoms with Crippen molar-refractivity contribution in [3.8, 4) is 17.4 Å². The highest BCUT2D eigenvalue weighted by Gasteiger charge is 2.59. The van der Waals surface area contributed by atoms with Gasteiger partial charge in [-0.25, -0.2) is 13.1 Å². The Labute approximate surface area is 187 Å². The second kappa shape index (κ2) is 6.29. The van der Waals surface area contributed by atoms with Crippen molar-refractivity contribution < 1.29 is 18.6 Å². The van der Waals surface area contributed by atoms with Crippen molar-refractivity contribution in [3.63, 3.8) is 0 Å². The average Bonchev–Trinajstić information content (AvgIpc) is 3.49. The fourth-order valence-electron chi connectivity index (χ4n) is 6.36. The van der Waals surface area contributed by atoms with Gasteiger partial charge in [0.15, 0.2) is 0 Å². The lowest BCUT2D eigenvalue weighted by atomic mass is 9.68. The Hall–Kier alpha value is -2.51. The summed E-state index contributed by atoms with van der Waals surface area (Å²) in [5.41, 5.74) is 1.79. The lowest BCUT2D eigenvalue weighted by Crippen LogP contribution is -2.40. The van der Waals surface area contributed by atoms with E-state index in [1.165, 1.54) is 11.0 Å². The van der Waals surface area contributed by atoms with Crippen LogP contribution in [0.2, 0.25) is 0 Å². The van der Waals surface area contributed by atoms with Crippen LogP contribution in [-0.4, -0.2) is 28.7 Å². The average molecular weight is 453 g/mol. The third-order valence-corrected chi connectivity index (χ3v) is 9.30. The highest BCUT2D eigenvalue weighted by Crippen LogP contribution is 2.70. The Bertz CT molecular complexity index is 1340. The van der Waals surface area contributed by atoms with Gasteiger partial charge in [0.25, 0.3) is 0 Å². The smallest absolute Gasteiger partial charge is 0.241 e. The number of sulfonamides is 1. The van der Waals surface area contributed by atoms with Crippen LogP contribution in [0.4, 0.5) is 0 Å². The van der Waals surface area contributed by atoms with Crippen molar-refractivity contribution in [2.75, 3.05) is 0 Å². The van der Waals surface area contributed by atoms with Gasteiger partial charge >= 0.3 is 0 Å². The van der Waals surface area contributed by atoms with Crippen molar-refractivity contribution in [3.05, 3.63) is 47.5 Å². The van der Waals surface area contributed by atoms with E-state index in [9.17, 15) is 18.6 Å². The molecule has 4 aliphatic carbocycles. The van der Waals surface area contributed by atoms with E-state index < -0.39 is 15.6 Å². The molecule has 0 radical (unpaired) electrons. The minimum Gasteiger partial charge on any atom is -0.494 e. The third kappa shape index (κ3) is 2.70. The molecule has 2 bridgehead atoms. The first kappa shape index (κ1) is 20.1. The van der Waals surface area contributed by atoms with E-state index in [2.05, 4.69) is 4.72 Å². The number of rotatable bonds is 3. The molecule has 168 valence electrons. The minimum atomic E-state index is -3.76. The van der Waals surface area contributed by atoms with Gasteiger partial charge in [-0.3, -0.25) is 4.57 Å². The highest BCUT2D eigenvalue weighted by atomic mass is 32.2. The molecule has 0 unspecified atom stereocenters. The summed E-state index contributed by atoms with van der Waals surface area (Å²) < 4.78 is 30.5. The van der Waals surface area contributed by atoms with Gasteiger partial charge in [0.1, 0.15) is 0 Å². The zero-order valence-electron chi connectivity index (χ0n) is 18.5. The first-order valence-electron chi connectivity index (χ1n) is 11.3. The third-order valence-electron chi connectivity index (χ3n) is 7.48. The van der Waals surface area contributed by atoms with Crippen LogP contribution in [0.5, 0.6) is 11.8 Å². The van der Waals surface area contributed by atoms with Crippen molar-refractivity contribution in [2.45, 2.75) is 62.3 Å². The quantitative estimate of drug-likeness (QED) is 0.536. The van der Waals surface area contributed by atoms with Crippen molar-refractivity contribution in [2.24, 2.45) is 11.8 Å². The zero-order chi connectivity index (χ0) is 22.6. The van der Waals surface area contributed by atoms with E-state index in [0.29, 0.717) is 40.1 Å². The van der Waals surface area contributed by atoms with Crippen molar-refractivity contribution >= 4 is 20.8 Å². The Morgan fingerprint density at radius 1 is 0.906 bits per heavy atom. The van der Waals surface area contributed by atoms with E-state index in [1.807, 2.05) is 12.1 Å². The van der Waals surface area contributed by atoms with Crippen LogP contribution in [-0.2, 0) is 10.0 Å². The number of nitrogens with one attached hydrogen (secondary N) is 1. The van der Waals surface area contributed by atoms with Crippen LogP contribution in [0.3, 0.4) is 0 Å². The fourth-order valence-corrected chi connectivity index (χ4v) is 8.00. The van der Waals surface area contributed by atoms with E-state index in [-0.39, 0.29) is 16.7 Å². The molecule has 3 aromatic rings. The lowest BCUT2D eigenvalue weighted by Gasteiger charge is -2.35. The Balaban J connectivity index is 1.56. The topological polar surface area (TPSA) is 91.6 Å². The van der Waals surface area contributed by atoms with Crippen LogP contribution in [0.25, 0.3) is 16.5 Å². The second-order valence-corrected chi connectivity index (χ2v) is 12.3. The van der Waals surface area contributed by atoms with Gasteiger partial charge in [-0.05, 0) is 75.8 Å². The number of aromatic hydroxyl groups is 2. The number of fused-ring (bicyclic) bond motifs is 2. The standard InChI is InChI=1S/C25H28N2O4S/c1-25(2,3)26-32(30,31)20-9-5-6-13-14(20)7-4-8-19(13)27-23(28)21-15-10-11-16(18-12-17(15)18)22(21)24(27)29/h4-9,15-18,26,28-29H,10-12H2,1-3H3/t15-,16+,17+,18-. The van der Waals surface area contributed by atoms with E-state index in [4.69, 9.17) is 0 Å². The number of nitrogens with zero attached hydrogens (tertiary/aromatic N) is 1. The van der Waals surface area contributed by atoms with Gasteiger partial charge in [0, 0.05) is 27.4 Å². The maximum absolute atomic E-state index is 13.1. The van der Waals surface area contributed by atoms with Gasteiger partial charge in [0.2, 0.25) is 21.8 Å². The molecule has 7 heteroatoms. The van der Waals surface area contributed by atoms with E-state index in [0.717, 1.165) is 24.0 Å². The molecule has 1 heterocycles. The molecule has 6 nitrogen and oxygen atoms in total. The molecule has 4 atom stereocenters. The molecule has 0 saturated heterocycles. The maximum Gasteiger partial charge on any atom is 0.241 e. The van der Waals surface area contributed by atoms with E-state index >= 15 is 0 Å². The molecule has 3 N–H and O–H groups in total. The summed E-state index contributed by atoms with van der Waals surface area (Å²) in [5, 5.41) is 23.8. The molecule has 0 spiro atoms. The van der Waals surface area contributed by atoms with Gasteiger partial charge in [-0.15, -0.1) is 0 Å². The summed E-state index contributed by atoms with van der Waals surface area (Å²) >= 11 is 0. The monoisotopic (exact) mass is 452 g/mol. The van der Waals surface area contributed by atoms with E-state index in [1.54, 1.807) is 45.0 Å². The zero-order valence-corrected chi connectivity index (χ0v) is 19.3. The lowest BCUT2D eigenvalue weighted by molar-refractivity contribution is 0.322. The normalized spacial score (nSPS) is 26.2.